The van der Waals surface area contributed by atoms with Crippen molar-refractivity contribution < 1.29 is 14.3 Å². The lowest BCUT2D eigenvalue weighted by Crippen LogP contribution is -2.16. The fraction of sp³-hybridized carbons (Fsp3) is 0.364. The number of carboxylic acids is 1. The van der Waals surface area contributed by atoms with E-state index in [1.54, 1.807) is 6.07 Å². The maximum Gasteiger partial charge on any atom is 0.304 e. The normalized spacial score (nSPS) is 19.1. The third-order valence-electron chi connectivity index (χ3n) is 2.76. The molecule has 1 aliphatic rings. The van der Waals surface area contributed by atoms with E-state index in [9.17, 15) is 9.18 Å². The zero-order valence-electron chi connectivity index (χ0n) is 8.40. The molecule has 0 amide bonds. The summed E-state index contributed by atoms with van der Waals surface area (Å²) in [5.74, 6) is -1.42. The topological polar surface area (TPSA) is 40.5 Å². The highest BCUT2D eigenvalue weighted by Crippen LogP contribution is 2.38. The van der Waals surface area contributed by atoms with E-state index in [2.05, 4.69) is 0 Å². The first-order valence-electron chi connectivity index (χ1n) is 4.81. The number of aliphatic carboxylic acids is 1. The molecule has 0 spiro atoms. The second kappa shape index (κ2) is 3.53. The summed E-state index contributed by atoms with van der Waals surface area (Å²) in [6, 6.07) is 4.85. The lowest BCUT2D eigenvalue weighted by atomic mass is 9.97. The van der Waals surface area contributed by atoms with E-state index in [0.29, 0.717) is 12.1 Å². The predicted molar refractivity (Wildman–Crippen MR) is 54.7 cm³/mol. The van der Waals surface area contributed by atoms with Crippen molar-refractivity contribution in [2.24, 2.45) is 0 Å². The van der Waals surface area contributed by atoms with Gasteiger partial charge >= 0.3 is 5.97 Å². The second-order valence-corrected chi connectivity index (χ2v) is 3.85. The Morgan fingerprint density at radius 1 is 1.67 bits per heavy atom. The van der Waals surface area contributed by atoms with Crippen molar-refractivity contribution in [3.63, 3.8) is 0 Å². The van der Waals surface area contributed by atoms with Gasteiger partial charge in [-0.1, -0.05) is 6.07 Å². The molecule has 1 heterocycles. The monoisotopic (exact) mass is 209 g/mol. The van der Waals surface area contributed by atoms with Gasteiger partial charge in [-0.25, -0.2) is 4.39 Å². The van der Waals surface area contributed by atoms with E-state index in [4.69, 9.17) is 5.11 Å². The number of rotatable bonds is 2. The summed E-state index contributed by atoms with van der Waals surface area (Å²) in [6.07, 6.45) is -0.0156. The molecule has 3 nitrogen and oxygen atoms in total. The van der Waals surface area contributed by atoms with Crippen LogP contribution in [0.5, 0.6) is 0 Å². The summed E-state index contributed by atoms with van der Waals surface area (Å²) >= 11 is 0. The van der Waals surface area contributed by atoms with Crippen LogP contribution in [0, 0.1) is 5.82 Å². The van der Waals surface area contributed by atoms with Gasteiger partial charge < -0.3 is 10.0 Å². The zero-order chi connectivity index (χ0) is 11.0. The minimum atomic E-state index is -0.885. The van der Waals surface area contributed by atoms with Crippen LogP contribution in [-0.4, -0.2) is 24.7 Å². The van der Waals surface area contributed by atoms with Crippen LogP contribution in [0.25, 0.3) is 0 Å². The largest absolute Gasteiger partial charge is 0.481 e. The number of nitrogens with zero attached hydrogens (tertiary/aromatic N) is 1. The van der Waals surface area contributed by atoms with E-state index in [1.807, 2.05) is 18.0 Å². The molecule has 0 bridgehead atoms. The average Bonchev–Trinajstić information content (AvgIpc) is 2.44. The Morgan fingerprint density at radius 3 is 3.07 bits per heavy atom. The number of halogens is 1. The molecule has 15 heavy (non-hydrogen) atoms. The maximum absolute atomic E-state index is 13.5. The Labute approximate surface area is 87.1 Å². The van der Waals surface area contributed by atoms with Gasteiger partial charge in [-0.3, -0.25) is 4.79 Å². The van der Waals surface area contributed by atoms with Crippen LogP contribution in [0.2, 0.25) is 0 Å². The highest BCUT2D eigenvalue weighted by Gasteiger charge is 2.30. The number of carbonyl (C=O) groups is 1. The Kier molecular flexibility index (Phi) is 2.34. The molecule has 1 aliphatic heterocycles. The van der Waals surface area contributed by atoms with Crippen LogP contribution in [0.15, 0.2) is 18.2 Å². The Hall–Kier alpha value is -1.58. The van der Waals surface area contributed by atoms with Crippen LogP contribution in [-0.2, 0) is 4.79 Å². The fourth-order valence-electron chi connectivity index (χ4n) is 2.16. The summed E-state index contributed by atoms with van der Waals surface area (Å²) in [6.45, 7) is 0.572. The minimum absolute atomic E-state index is 0.0156. The number of anilines is 1. The number of fused-ring (bicyclic) bond motifs is 1. The molecule has 1 unspecified atom stereocenters. The summed E-state index contributed by atoms with van der Waals surface area (Å²) in [4.78, 5) is 12.5. The van der Waals surface area contributed by atoms with E-state index in [0.717, 1.165) is 5.69 Å². The Balaban J connectivity index is 2.39. The summed E-state index contributed by atoms with van der Waals surface area (Å²) in [5, 5.41) is 8.74. The molecule has 1 aromatic rings. The predicted octanol–water partition coefficient (Wildman–Crippen LogP) is 1.83. The standard InChI is InChI=1S/C11H12FNO2/c1-13-6-7(5-10(14)15)11-8(12)3-2-4-9(11)13/h2-4,7H,5-6H2,1H3,(H,14,15). The number of hydrogen-bond donors (Lipinski definition) is 1. The fourth-order valence-corrected chi connectivity index (χ4v) is 2.16. The molecule has 0 fully saturated rings. The van der Waals surface area contributed by atoms with E-state index < -0.39 is 5.97 Å². The van der Waals surface area contributed by atoms with Gasteiger partial charge in [-0.15, -0.1) is 0 Å². The van der Waals surface area contributed by atoms with Crippen LogP contribution in [0.1, 0.15) is 17.9 Å². The molecule has 0 aliphatic carbocycles. The molecule has 4 heteroatoms. The third-order valence-corrected chi connectivity index (χ3v) is 2.76. The molecule has 80 valence electrons. The number of carboxylic acid groups (broad SMARTS) is 1. The van der Waals surface area contributed by atoms with Crippen molar-refractivity contribution in [2.45, 2.75) is 12.3 Å². The first-order chi connectivity index (χ1) is 7.09. The van der Waals surface area contributed by atoms with E-state index in [1.165, 1.54) is 6.07 Å². The van der Waals surface area contributed by atoms with Crippen LogP contribution in [0.3, 0.4) is 0 Å². The second-order valence-electron chi connectivity index (χ2n) is 3.85. The third kappa shape index (κ3) is 1.67. The first-order valence-corrected chi connectivity index (χ1v) is 4.81. The van der Waals surface area contributed by atoms with Crippen molar-refractivity contribution in [3.8, 4) is 0 Å². The summed E-state index contributed by atoms with van der Waals surface area (Å²) < 4.78 is 13.5. The average molecular weight is 209 g/mol. The molecule has 1 N–H and O–H groups in total. The van der Waals surface area contributed by atoms with E-state index >= 15 is 0 Å². The molecule has 1 aromatic carbocycles. The zero-order valence-corrected chi connectivity index (χ0v) is 8.40. The molecule has 1 atom stereocenters. The van der Waals surface area contributed by atoms with Gasteiger partial charge in [0.1, 0.15) is 5.82 Å². The molecular formula is C11H12FNO2. The summed E-state index contributed by atoms with van der Waals surface area (Å²) in [7, 11) is 1.85. The Bertz CT molecular complexity index is 406. The van der Waals surface area contributed by atoms with Crippen molar-refractivity contribution in [3.05, 3.63) is 29.6 Å². The van der Waals surface area contributed by atoms with Crippen molar-refractivity contribution >= 4 is 11.7 Å². The van der Waals surface area contributed by atoms with Gasteiger partial charge in [0.25, 0.3) is 0 Å². The van der Waals surface area contributed by atoms with Gasteiger partial charge in [-0.05, 0) is 12.1 Å². The van der Waals surface area contributed by atoms with Gasteiger partial charge in [0.05, 0.1) is 6.42 Å². The summed E-state index contributed by atoms with van der Waals surface area (Å²) in [5.41, 5.74) is 1.35. The van der Waals surface area contributed by atoms with Gasteiger partial charge in [0.15, 0.2) is 0 Å². The van der Waals surface area contributed by atoms with Crippen LogP contribution < -0.4 is 4.90 Å². The number of benzene rings is 1. The van der Waals surface area contributed by atoms with Gasteiger partial charge in [0, 0.05) is 30.8 Å². The quantitative estimate of drug-likeness (QED) is 0.807. The molecule has 0 saturated carbocycles. The SMILES string of the molecule is CN1CC(CC(=O)O)c2c(F)cccc21. The lowest BCUT2D eigenvalue weighted by Gasteiger charge is -2.11. The van der Waals surface area contributed by atoms with Gasteiger partial charge in [0.2, 0.25) is 0 Å². The smallest absolute Gasteiger partial charge is 0.304 e. The molecule has 2 rings (SSSR count). The molecule has 0 aromatic heterocycles. The van der Waals surface area contributed by atoms with Crippen molar-refractivity contribution in [1.29, 1.82) is 0 Å². The maximum atomic E-state index is 13.5. The Morgan fingerprint density at radius 2 is 2.40 bits per heavy atom. The lowest BCUT2D eigenvalue weighted by molar-refractivity contribution is -0.137. The number of likely N-dealkylation sites (N-methyl/N-ethyl adjacent to an activating group) is 1. The first kappa shape index (κ1) is 9.96. The number of hydrogen-bond acceptors (Lipinski definition) is 2. The van der Waals surface area contributed by atoms with Crippen LogP contribution >= 0.6 is 0 Å². The molecule has 0 saturated heterocycles. The van der Waals surface area contributed by atoms with E-state index in [-0.39, 0.29) is 18.2 Å². The van der Waals surface area contributed by atoms with Gasteiger partial charge in [-0.2, -0.15) is 0 Å². The molecule has 0 radical (unpaired) electrons. The minimum Gasteiger partial charge on any atom is -0.481 e. The van der Waals surface area contributed by atoms with Crippen molar-refractivity contribution in [2.75, 3.05) is 18.5 Å². The highest BCUT2D eigenvalue weighted by atomic mass is 19.1. The highest BCUT2D eigenvalue weighted by molar-refractivity contribution is 5.71. The van der Waals surface area contributed by atoms with Crippen LogP contribution in [0.4, 0.5) is 10.1 Å². The van der Waals surface area contributed by atoms with Crippen molar-refractivity contribution in [1.82, 2.24) is 0 Å². The molecular weight excluding hydrogens is 197 g/mol.